The number of rotatable bonds is 4. The van der Waals surface area contributed by atoms with E-state index in [0.717, 1.165) is 0 Å². The molecule has 98 valence electrons. The lowest BCUT2D eigenvalue weighted by Gasteiger charge is -2.06. The van der Waals surface area contributed by atoms with E-state index in [1.165, 1.54) is 19.3 Å². The molecule has 3 N–H and O–H groups in total. The lowest BCUT2D eigenvalue weighted by Crippen LogP contribution is -2.14. The first-order chi connectivity index (χ1) is 8.45. The molecule has 7 nitrogen and oxygen atoms in total. The number of anilines is 1. The van der Waals surface area contributed by atoms with Crippen LogP contribution in [-0.4, -0.2) is 23.7 Å². The molecule has 0 atom stereocenters. The van der Waals surface area contributed by atoms with Crippen LogP contribution in [0.25, 0.3) is 0 Å². The summed E-state index contributed by atoms with van der Waals surface area (Å²) >= 11 is 0. The third-order valence-electron chi connectivity index (χ3n) is 2.50. The molecule has 0 radical (unpaired) electrons. The maximum atomic E-state index is 12.2. The van der Waals surface area contributed by atoms with Crippen molar-refractivity contribution in [2.75, 3.05) is 4.72 Å². The number of aromatic nitrogens is 2. The van der Waals surface area contributed by atoms with Gasteiger partial charge in [0.25, 0.3) is 10.0 Å². The average Bonchev–Trinajstić information content (AvgIpc) is 2.85. The SMILES string of the molecule is Cc1oc(C)c(S(=O)(=O)Nc2cn[nH]c2)c1CO. The smallest absolute Gasteiger partial charge is 0.265 e. The molecule has 0 saturated carbocycles. The van der Waals surface area contributed by atoms with Gasteiger partial charge in [-0.1, -0.05) is 0 Å². The van der Waals surface area contributed by atoms with Crippen LogP contribution in [0.5, 0.6) is 0 Å². The van der Waals surface area contributed by atoms with Gasteiger partial charge in [0.05, 0.1) is 18.5 Å². The fourth-order valence-electron chi connectivity index (χ4n) is 1.76. The van der Waals surface area contributed by atoms with Crippen LogP contribution < -0.4 is 4.72 Å². The maximum Gasteiger partial charge on any atom is 0.265 e. The number of aliphatic hydroxyl groups excluding tert-OH is 1. The van der Waals surface area contributed by atoms with Gasteiger partial charge in [0.2, 0.25) is 0 Å². The van der Waals surface area contributed by atoms with E-state index in [0.29, 0.717) is 11.4 Å². The van der Waals surface area contributed by atoms with E-state index in [1.807, 2.05) is 0 Å². The molecule has 2 aromatic rings. The van der Waals surface area contributed by atoms with Crippen molar-refractivity contribution in [3.8, 4) is 0 Å². The zero-order chi connectivity index (χ0) is 13.3. The molecule has 0 aliphatic rings. The fourth-order valence-corrected chi connectivity index (χ4v) is 3.23. The molecule has 0 fully saturated rings. The van der Waals surface area contributed by atoms with Crippen LogP contribution in [0, 0.1) is 13.8 Å². The van der Waals surface area contributed by atoms with Gasteiger partial charge in [-0.2, -0.15) is 5.10 Å². The Morgan fingerprint density at radius 3 is 2.72 bits per heavy atom. The molecule has 0 saturated heterocycles. The molecule has 0 unspecified atom stereocenters. The average molecular weight is 271 g/mol. The molecule has 2 heterocycles. The molecule has 0 aliphatic heterocycles. The monoisotopic (exact) mass is 271 g/mol. The summed E-state index contributed by atoms with van der Waals surface area (Å²) in [5.74, 6) is 0.634. The zero-order valence-electron chi connectivity index (χ0n) is 9.89. The number of aliphatic hydroxyl groups is 1. The highest BCUT2D eigenvalue weighted by Crippen LogP contribution is 2.28. The Morgan fingerprint density at radius 2 is 2.17 bits per heavy atom. The van der Waals surface area contributed by atoms with E-state index < -0.39 is 16.6 Å². The number of aromatic amines is 1. The van der Waals surface area contributed by atoms with Crippen molar-refractivity contribution in [1.82, 2.24) is 10.2 Å². The van der Waals surface area contributed by atoms with Gasteiger partial charge in [-0.25, -0.2) is 8.42 Å². The van der Waals surface area contributed by atoms with Gasteiger partial charge in [0, 0.05) is 11.8 Å². The molecule has 2 aromatic heterocycles. The van der Waals surface area contributed by atoms with Gasteiger partial charge in [0.1, 0.15) is 16.4 Å². The van der Waals surface area contributed by atoms with E-state index in [2.05, 4.69) is 14.9 Å². The van der Waals surface area contributed by atoms with Gasteiger partial charge < -0.3 is 9.52 Å². The topological polar surface area (TPSA) is 108 Å². The number of nitrogens with zero attached hydrogens (tertiary/aromatic N) is 1. The van der Waals surface area contributed by atoms with E-state index in [9.17, 15) is 13.5 Å². The number of furan rings is 1. The molecule has 2 rings (SSSR count). The number of sulfonamides is 1. The minimum atomic E-state index is -3.80. The Hall–Kier alpha value is -1.80. The van der Waals surface area contributed by atoms with Crippen LogP contribution >= 0.6 is 0 Å². The summed E-state index contributed by atoms with van der Waals surface area (Å²) in [5, 5.41) is 15.4. The molecular formula is C10H13N3O4S. The summed E-state index contributed by atoms with van der Waals surface area (Å²) in [7, 11) is -3.80. The van der Waals surface area contributed by atoms with E-state index >= 15 is 0 Å². The number of aryl methyl sites for hydroxylation is 2. The maximum absolute atomic E-state index is 12.2. The molecule has 0 aromatic carbocycles. The zero-order valence-corrected chi connectivity index (χ0v) is 10.7. The van der Waals surface area contributed by atoms with Crippen molar-refractivity contribution in [3.05, 3.63) is 29.5 Å². The van der Waals surface area contributed by atoms with Gasteiger partial charge in [-0.05, 0) is 13.8 Å². The number of hydrogen-bond donors (Lipinski definition) is 3. The summed E-state index contributed by atoms with van der Waals surface area (Å²) in [4.78, 5) is -0.0244. The first-order valence-corrected chi connectivity index (χ1v) is 6.65. The summed E-state index contributed by atoms with van der Waals surface area (Å²) in [5.41, 5.74) is 0.584. The fraction of sp³-hybridized carbons (Fsp3) is 0.300. The third kappa shape index (κ3) is 2.12. The Labute approximate surface area is 104 Å². The third-order valence-corrected chi connectivity index (χ3v) is 4.08. The molecule has 0 aliphatic carbocycles. The van der Waals surface area contributed by atoms with Gasteiger partial charge >= 0.3 is 0 Å². The lowest BCUT2D eigenvalue weighted by atomic mass is 10.2. The van der Waals surface area contributed by atoms with Crippen LogP contribution in [0.2, 0.25) is 0 Å². The Bertz CT molecular complexity index is 643. The van der Waals surface area contributed by atoms with Crippen LogP contribution in [0.15, 0.2) is 21.7 Å². The Kier molecular flexibility index (Phi) is 3.14. The van der Waals surface area contributed by atoms with Crippen molar-refractivity contribution in [2.45, 2.75) is 25.3 Å². The van der Waals surface area contributed by atoms with E-state index in [1.54, 1.807) is 6.92 Å². The lowest BCUT2D eigenvalue weighted by molar-refractivity contribution is 0.276. The second kappa shape index (κ2) is 4.46. The van der Waals surface area contributed by atoms with Crippen molar-refractivity contribution in [3.63, 3.8) is 0 Å². The molecule has 0 amide bonds. The first kappa shape index (κ1) is 12.7. The van der Waals surface area contributed by atoms with Gasteiger partial charge in [-0.15, -0.1) is 0 Å². The number of nitrogens with one attached hydrogen (secondary N) is 2. The second-order valence-corrected chi connectivity index (χ2v) is 5.39. The molecule has 0 spiro atoms. The summed E-state index contributed by atoms with van der Waals surface area (Å²) in [6.07, 6.45) is 2.76. The van der Waals surface area contributed by atoms with Gasteiger partial charge in [-0.3, -0.25) is 9.82 Å². The number of H-pyrrole nitrogens is 1. The van der Waals surface area contributed by atoms with Crippen LogP contribution in [0.4, 0.5) is 5.69 Å². The molecular weight excluding hydrogens is 258 g/mol. The highest BCUT2D eigenvalue weighted by molar-refractivity contribution is 7.92. The largest absolute Gasteiger partial charge is 0.465 e. The van der Waals surface area contributed by atoms with Crippen LogP contribution in [-0.2, 0) is 16.6 Å². The minimum Gasteiger partial charge on any atom is -0.465 e. The predicted octanol–water partition coefficient (Wildman–Crippen LogP) is 0.913. The molecule has 8 heteroatoms. The van der Waals surface area contributed by atoms with Crippen molar-refractivity contribution in [2.24, 2.45) is 0 Å². The standard InChI is InChI=1S/C10H13N3O4S/c1-6-9(5-14)10(7(2)17-6)18(15,16)13-8-3-11-12-4-8/h3-4,13-14H,5H2,1-2H3,(H,11,12). The number of hydrogen-bond acceptors (Lipinski definition) is 5. The summed E-state index contributed by atoms with van der Waals surface area (Å²) in [6.45, 7) is 2.75. The normalized spacial score (nSPS) is 11.7. The minimum absolute atomic E-state index is 0.0244. The Balaban J connectivity index is 2.47. The van der Waals surface area contributed by atoms with Gasteiger partial charge in [0.15, 0.2) is 0 Å². The Morgan fingerprint density at radius 1 is 1.44 bits per heavy atom. The molecule has 0 bridgehead atoms. The van der Waals surface area contributed by atoms with Crippen LogP contribution in [0.3, 0.4) is 0 Å². The molecule has 18 heavy (non-hydrogen) atoms. The second-order valence-electron chi connectivity index (χ2n) is 3.77. The summed E-state index contributed by atoms with van der Waals surface area (Å²) < 4.78 is 32.0. The quantitative estimate of drug-likeness (QED) is 0.766. The van der Waals surface area contributed by atoms with E-state index in [-0.39, 0.29) is 16.2 Å². The van der Waals surface area contributed by atoms with Crippen LogP contribution in [0.1, 0.15) is 17.1 Å². The highest BCUT2D eigenvalue weighted by atomic mass is 32.2. The van der Waals surface area contributed by atoms with Crippen molar-refractivity contribution in [1.29, 1.82) is 0 Å². The summed E-state index contributed by atoms with van der Waals surface area (Å²) in [6, 6.07) is 0. The van der Waals surface area contributed by atoms with Crippen molar-refractivity contribution < 1.29 is 17.9 Å². The predicted molar refractivity (Wildman–Crippen MR) is 63.5 cm³/mol. The first-order valence-electron chi connectivity index (χ1n) is 5.17. The van der Waals surface area contributed by atoms with E-state index in [4.69, 9.17) is 4.42 Å². The van der Waals surface area contributed by atoms with Crippen molar-refractivity contribution >= 4 is 15.7 Å². The highest BCUT2D eigenvalue weighted by Gasteiger charge is 2.26.